The predicted molar refractivity (Wildman–Crippen MR) is 73.5 cm³/mol. The highest BCUT2D eigenvalue weighted by molar-refractivity contribution is 7.09. The van der Waals surface area contributed by atoms with Gasteiger partial charge in [0.05, 0.1) is 22.8 Å². The van der Waals surface area contributed by atoms with Gasteiger partial charge in [-0.15, -0.1) is 11.3 Å². The van der Waals surface area contributed by atoms with Gasteiger partial charge >= 0.3 is 0 Å². The van der Waals surface area contributed by atoms with Crippen LogP contribution < -0.4 is 5.73 Å². The molecule has 0 atom stereocenters. The van der Waals surface area contributed by atoms with E-state index in [0.29, 0.717) is 12.2 Å². The number of hydrogen-bond acceptors (Lipinski definition) is 4. The summed E-state index contributed by atoms with van der Waals surface area (Å²) in [5, 5.41) is 2.82. The standard InChI is InChI=1S/C13H14FN3OS/c1-8-16-10(7-19-8)6-17(2)13(18)11-5-9(15)3-4-12(11)14/h3-5,7H,6,15H2,1-2H3. The van der Waals surface area contributed by atoms with Crippen LogP contribution >= 0.6 is 11.3 Å². The van der Waals surface area contributed by atoms with Crippen molar-refractivity contribution in [2.45, 2.75) is 13.5 Å². The molecule has 0 aliphatic heterocycles. The van der Waals surface area contributed by atoms with Gasteiger partial charge in [-0.25, -0.2) is 9.37 Å². The van der Waals surface area contributed by atoms with Crippen molar-refractivity contribution < 1.29 is 9.18 Å². The average molecular weight is 279 g/mol. The minimum Gasteiger partial charge on any atom is -0.399 e. The molecule has 0 bridgehead atoms. The molecule has 100 valence electrons. The molecule has 2 rings (SSSR count). The fourth-order valence-electron chi connectivity index (χ4n) is 1.71. The van der Waals surface area contributed by atoms with Crippen LogP contribution in [0.3, 0.4) is 0 Å². The summed E-state index contributed by atoms with van der Waals surface area (Å²) in [5.41, 5.74) is 6.71. The Morgan fingerprint density at radius 1 is 1.53 bits per heavy atom. The van der Waals surface area contributed by atoms with Crippen molar-refractivity contribution in [3.05, 3.63) is 45.7 Å². The normalized spacial score (nSPS) is 10.5. The quantitative estimate of drug-likeness (QED) is 0.878. The van der Waals surface area contributed by atoms with Gasteiger partial charge in [0.25, 0.3) is 5.91 Å². The van der Waals surface area contributed by atoms with Crippen molar-refractivity contribution in [2.24, 2.45) is 0 Å². The van der Waals surface area contributed by atoms with Gasteiger partial charge in [0, 0.05) is 18.1 Å². The minimum absolute atomic E-state index is 0.0190. The highest BCUT2D eigenvalue weighted by atomic mass is 32.1. The molecule has 0 spiro atoms. The smallest absolute Gasteiger partial charge is 0.257 e. The van der Waals surface area contributed by atoms with E-state index in [0.717, 1.165) is 10.7 Å². The van der Waals surface area contributed by atoms with Crippen LogP contribution in [0.25, 0.3) is 0 Å². The van der Waals surface area contributed by atoms with Gasteiger partial charge < -0.3 is 10.6 Å². The van der Waals surface area contributed by atoms with Crippen LogP contribution in [-0.4, -0.2) is 22.8 Å². The second-order valence-corrected chi connectivity index (χ2v) is 5.32. The lowest BCUT2D eigenvalue weighted by Gasteiger charge is -2.16. The molecule has 0 radical (unpaired) electrons. The van der Waals surface area contributed by atoms with Crippen molar-refractivity contribution in [2.75, 3.05) is 12.8 Å². The van der Waals surface area contributed by atoms with E-state index in [-0.39, 0.29) is 5.56 Å². The van der Waals surface area contributed by atoms with Crippen LogP contribution in [0.5, 0.6) is 0 Å². The zero-order valence-corrected chi connectivity index (χ0v) is 11.5. The van der Waals surface area contributed by atoms with Crippen molar-refractivity contribution in [1.29, 1.82) is 0 Å². The Morgan fingerprint density at radius 2 is 2.26 bits per heavy atom. The Kier molecular flexibility index (Phi) is 3.80. The van der Waals surface area contributed by atoms with E-state index in [2.05, 4.69) is 4.98 Å². The fourth-order valence-corrected chi connectivity index (χ4v) is 2.31. The number of amides is 1. The number of nitrogens with two attached hydrogens (primary N) is 1. The Bertz CT molecular complexity index is 612. The van der Waals surface area contributed by atoms with Gasteiger partial charge in [-0.1, -0.05) is 0 Å². The molecule has 1 amide bonds. The van der Waals surface area contributed by atoms with E-state index < -0.39 is 11.7 Å². The Morgan fingerprint density at radius 3 is 2.89 bits per heavy atom. The maximum absolute atomic E-state index is 13.6. The summed E-state index contributed by atoms with van der Waals surface area (Å²) in [6.45, 7) is 2.24. The largest absolute Gasteiger partial charge is 0.399 e. The summed E-state index contributed by atoms with van der Waals surface area (Å²) in [6.07, 6.45) is 0. The average Bonchev–Trinajstić information content (AvgIpc) is 2.77. The molecule has 0 unspecified atom stereocenters. The van der Waals surface area contributed by atoms with E-state index in [1.54, 1.807) is 7.05 Å². The Hall–Kier alpha value is -1.95. The fraction of sp³-hybridized carbons (Fsp3) is 0.231. The van der Waals surface area contributed by atoms with Gasteiger partial charge in [0.1, 0.15) is 5.82 Å². The summed E-state index contributed by atoms with van der Waals surface area (Å²) >= 11 is 1.52. The first-order chi connectivity index (χ1) is 8.97. The predicted octanol–water partition coefficient (Wildman–Crippen LogP) is 2.45. The van der Waals surface area contributed by atoms with Crippen LogP contribution in [-0.2, 0) is 6.54 Å². The molecule has 0 saturated heterocycles. The van der Waals surface area contributed by atoms with Gasteiger partial charge in [-0.05, 0) is 25.1 Å². The molecule has 0 saturated carbocycles. The highest BCUT2D eigenvalue weighted by Crippen LogP contribution is 2.16. The van der Waals surface area contributed by atoms with Crippen molar-refractivity contribution in [3.63, 3.8) is 0 Å². The number of rotatable bonds is 3. The third-order valence-electron chi connectivity index (χ3n) is 2.63. The second kappa shape index (κ2) is 5.36. The van der Waals surface area contributed by atoms with E-state index in [1.807, 2.05) is 12.3 Å². The molecule has 2 aromatic rings. The third-order valence-corrected chi connectivity index (χ3v) is 3.46. The van der Waals surface area contributed by atoms with Crippen molar-refractivity contribution >= 4 is 22.9 Å². The van der Waals surface area contributed by atoms with E-state index >= 15 is 0 Å². The molecule has 1 aromatic heterocycles. The number of carbonyl (C=O) groups is 1. The molecule has 1 aromatic carbocycles. The summed E-state index contributed by atoms with van der Waals surface area (Å²) in [4.78, 5) is 17.8. The van der Waals surface area contributed by atoms with Crippen LogP contribution in [0.4, 0.5) is 10.1 Å². The van der Waals surface area contributed by atoms with E-state index in [4.69, 9.17) is 5.73 Å². The molecular weight excluding hydrogens is 265 g/mol. The highest BCUT2D eigenvalue weighted by Gasteiger charge is 2.17. The van der Waals surface area contributed by atoms with Crippen LogP contribution in [0.15, 0.2) is 23.6 Å². The molecular formula is C13H14FN3OS. The lowest BCUT2D eigenvalue weighted by molar-refractivity contribution is 0.0779. The summed E-state index contributed by atoms with van der Waals surface area (Å²) < 4.78 is 13.6. The van der Waals surface area contributed by atoms with Crippen LogP contribution in [0.2, 0.25) is 0 Å². The topological polar surface area (TPSA) is 59.2 Å². The third kappa shape index (κ3) is 3.08. The van der Waals surface area contributed by atoms with Gasteiger partial charge in [0.15, 0.2) is 0 Å². The number of carbonyl (C=O) groups excluding carboxylic acids is 1. The number of thiazole rings is 1. The SMILES string of the molecule is Cc1nc(CN(C)C(=O)c2cc(N)ccc2F)cs1. The van der Waals surface area contributed by atoms with E-state index in [1.165, 1.54) is 34.4 Å². The molecule has 19 heavy (non-hydrogen) atoms. The Labute approximate surface area is 114 Å². The van der Waals surface area contributed by atoms with Crippen LogP contribution in [0.1, 0.15) is 21.1 Å². The van der Waals surface area contributed by atoms with Gasteiger partial charge in [-0.3, -0.25) is 4.79 Å². The summed E-state index contributed by atoms with van der Waals surface area (Å²) in [5.74, 6) is -0.976. The monoisotopic (exact) mass is 279 g/mol. The molecule has 0 aliphatic carbocycles. The first-order valence-corrected chi connectivity index (χ1v) is 6.57. The maximum atomic E-state index is 13.6. The Balaban J connectivity index is 2.16. The molecule has 1 heterocycles. The maximum Gasteiger partial charge on any atom is 0.257 e. The first-order valence-electron chi connectivity index (χ1n) is 5.69. The molecule has 0 aliphatic rings. The van der Waals surface area contributed by atoms with E-state index in [9.17, 15) is 9.18 Å². The van der Waals surface area contributed by atoms with Gasteiger partial charge in [-0.2, -0.15) is 0 Å². The van der Waals surface area contributed by atoms with Crippen molar-refractivity contribution in [1.82, 2.24) is 9.88 Å². The number of benzene rings is 1. The minimum atomic E-state index is -0.569. The van der Waals surface area contributed by atoms with Crippen LogP contribution in [0, 0.1) is 12.7 Å². The zero-order valence-electron chi connectivity index (χ0n) is 10.7. The number of anilines is 1. The lowest BCUT2D eigenvalue weighted by atomic mass is 10.1. The molecule has 6 heteroatoms. The number of nitrogen functional groups attached to an aromatic ring is 1. The van der Waals surface area contributed by atoms with Gasteiger partial charge in [0.2, 0.25) is 0 Å². The number of hydrogen-bond donors (Lipinski definition) is 1. The molecule has 0 fully saturated rings. The zero-order chi connectivity index (χ0) is 14.0. The lowest BCUT2D eigenvalue weighted by Crippen LogP contribution is -2.27. The number of nitrogens with zero attached hydrogens (tertiary/aromatic N) is 2. The number of aromatic nitrogens is 1. The molecule has 4 nitrogen and oxygen atoms in total. The summed E-state index contributed by atoms with van der Waals surface area (Å²) in [6, 6.07) is 3.97. The van der Waals surface area contributed by atoms with Crippen molar-refractivity contribution in [3.8, 4) is 0 Å². The summed E-state index contributed by atoms with van der Waals surface area (Å²) in [7, 11) is 1.61. The molecule has 2 N–H and O–H groups in total. The number of halogens is 1. The second-order valence-electron chi connectivity index (χ2n) is 4.26. The number of aryl methyl sites for hydroxylation is 1. The first kappa shape index (κ1) is 13.5.